The third-order valence-electron chi connectivity index (χ3n) is 3.43. The fraction of sp³-hybridized carbons (Fsp3) is 0.462. The summed E-state index contributed by atoms with van der Waals surface area (Å²) in [5, 5.41) is 0. The van der Waals surface area contributed by atoms with Crippen LogP contribution in [0.2, 0.25) is 0 Å². The third kappa shape index (κ3) is 1.31. The number of ether oxygens (including phenoxy) is 1. The van der Waals surface area contributed by atoms with Gasteiger partial charge < -0.3 is 9.14 Å². The zero-order valence-corrected chi connectivity index (χ0v) is 9.73. The molecule has 16 heavy (non-hydrogen) atoms. The van der Waals surface area contributed by atoms with Crippen molar-refractivity contribution in [3.63, 3.8) is 0 Å². The molecule has 0 aliphatic heterocycles. The smallest absolute Gasteiger partial charge is 0.180 e. The van der Waals surface area contributed by atoms with Gasteiger partial charge in [0.25, 0.3) is 0 Å². The highest BCUT2D eigenvalue weighted by atomic mass is 16.5. The first-order valence-corrected chi connectivity index (χ1v) is 5.82. The second-order valence-corrected chi connectivity index (χ2v) is 4.62. The average Bonchev–Trinajstić information content (AvgIpc) is 2.67. The summed E-state index contributed by atoms with van der Waals surface area (Å²) in [5.74, 6) is 1.63. The van der Waals surface area contributed by atoms with Crippen LogP contribution in [-0.2, 0) is 12.8 Å². The lowest BCUT2D eigenvalue weighted by Crippen LogP contribution is -2.12. The van der Waals surface area contributed by atoms with Crippen LogP contribution in [-0.4, -0.2) is 16.5 Å². The molecular weight excluding hydrogens is 200 g/mol. The molecule has 0 saturated carbocycles. The minimum atomic E-state index is 0.763. The van der Waals surface area contributed by atoms with Gasteiger partial charge >= 0.3 is 0 Å². The van der Waals surface area contributed by atoms with E-state index in [-0.39, 0.29) is 0 Å². The molecule has 1 aliphatic carbocycles. The van der Waals surface area contributed by atoms with Gasteiger partial charge in [-0.05, 0) is 37.3 Å². The standard InChI is InChI=1S/C13H16N2O/c1-9-5-6-10-11(8-9)15-7-3-4-12(16-2)13(15)14-10/h3-4,7,9H,5-6,8H2,1-2H3. The van der Waals surface area contributed by atoms with Crippen molar-refractivity contribution < 1.29 is 4.74 Å². The number of fused-ring (bicyclic) bond motifs is 3. The zero-order chi connectivity index (χ0) is 11.1. The van der Waals surface area contributed by atoms with E-state index in [2.05, 4.69) is 17.5 Å². The van der Waals surface area contributed by atoms with E-state index >= 15 is 0 Å². The highest BCUT2D eigenvalue weighted by molar-refractivity contribution is 5.56. The Labute approximate surface area is 95.1 Å². The molecule has 2 aromatic heterocycles. The number of aromatic nitrogens is 2. The molecule has 0 saturated heterocycles. The fourth-order valence-electron chi connectivity index (χ4n) is 2.53. The molecule has 84 valence electrons. The first kappa shape index (κ1) is 9.70. The Morgan fingerprint density at radius 3 is 3.19 bits per heavy atom. The van der Waals surface area contributed by atoms with E-state index < -0.39 is 0 Å². The van der Waals surface area contributed by atoms with Crippen molar-refractivity contribution >= 4 is 5.65 Å². The van der Waals surface area contributed by atoms with Crippen molar-refractivity contribution in [3.8, 4) is 5.75 Å². The molecule has 0 bridgehead atoms. The van der Waals surface area contributed by atoms with Gasteiger partial charge in [0.1, 0.15) is 0 Å². The molecule has 0 fully saturated rings. The van der Waals surface area contributed by atoms with Crippen molar-refractivity contribution in [3.05, 3.63) is 29.7 Å². The molecule has 3 heteroatoms. The van der Waals surface area contributed by atoms with Crippen molar-refractivity contribution in [1.29, 1.82) is 0 Å². The van der Waals surface area contributed by atoms with Gasteiger partial charge in [-0.3, -0.25) is 0 Å². The fourth-order valence-corrected chi connectivity index (χ4v) is 2.53. The number of imidazole rings is 1. The molecule has 1 atom stereocenters. The molecule has 2 heterocycles. The molecule has 3 rings (SSSR count). The maximum atomic E-state index is 5.35. The van der Waals surface area contributed by atoms with Crippen molar-refractivity contribution in [2.45, 2.75) is 26.2 Å². The van der Waals surface area contributed by atoms with Crippen LogP contribution in [0.3, 0.4) is 0 Å². The maximum Gasteiger partial charge on any atom is 0.180 e. The van der Waals surface area contributed by atoms with Gasteiger partial charge in [-0.15, -0.1) is 0 Å². The average molecular weight is 216 g/mol. The van der Waals surface area contributed by atoms with Crippen LogP contribution in [0.25, 0.3) is 5.65 Å². The van der Waals surface area contributed by atoms with Crippen LogP contribution in [0, 0.1) is 5.92 Å². The summed E-state index contributed by atoms with van der Waals surface area (Å²) in [6.07, 6.45) is 5.56. The first-order valence-electron chi connectivity index (χ1n) is 5.82. The van der Waals surface area contributed by atoms with Crippen LogP contribution in [0.15, 0.2) is 18.3 Å². The Bertz CT molecular complexity index is 530. The number of aryl methyl sites for hydroxylation is 1. The van der Waals surface area contributed by atoms with E-state index in [9.17, 15) is 0 Å². The Hall–Kier alpha value is -1.51. The number of rotatable bonds is 1. The Morgan fingerprint density at radius 2 is 2.38 bits per heavy atom. The van der Waals surface area contributed by atoms with Crippen molar-refractivity contribution in [2.75, 3.05) is 7.11 Å². The number of hydrogen-bond acceptors (Lipinski definition) is 2. The number of pyridine rings is 1. The Kier molecular flexibility index (Phi) is 2.13. The Morgan fingerprint density at radius 1 is 1.50 bits per heavy atom. The van der Waals surface area contributed by atoms with Crippen molar-refractivity contribution in [2.24, 2.45) is 5.92 Å². The molecule has 3 nitrogen and oxygen atoms in total. The molecule has 0 spiro atoms. The van der Waals surface area contributed by atoms with Gasteiger partial charge in [-0.1, -0.05) is 6.92 Å². The van der Waals surface area contributed by atoms with Crippen LogP contribution in [0.1, 0.15) is 24.7 Å². The van der Waals surface area contributed by atoms with E-state index in [1.165, 1.54) is 17.8 Å². The highest BCUT2D eigenvalue weighted by Crippen LogP contribution is 2.29. The van der Waals surface area contributed by atoms with E-state index in [1.807, 2.05) is 12.1 Å². The topological polar surface area (TPSA) is 26.5 Å². The summed E-state index contributed by atoms with van der Waals surface area (Å²) in [7, 11) is 1.70. The lowest BCUT2D eigenvalue weighted by atomic mass is 9.91. The Balaban J connectivity index is 2.25. The summed E-state index contributed by atoms with van der Waals surface area (Å²) in [4.78, 5) is 4.70. The lowest BCUT2D eigenvalue weighted by molar-refractivity contribution is 0.416. The molecule has 1 aliphatic rings. The van der Waals surface area contributed by atoms with Gasteiger partial charge in [0.2, 0.25) is 0 Å². The van der Waals surface area contributed by atoms with E-state index in [4.69, 9.17) is 9.72 Å². The summed E-state index contributed by atoms with van der Waals surface area (Å²) in [5.41, 5.74) is 3.58. The second kappa shape index (κ2) is 3.51. The number of methoxy groups -OCH3 is 1. The lowest BCUT2D eigenvalue weighted by Gasteiger charge is -2.17. The minimum Gasteiger partial charge on any atom is -0.493 e. The maximum absolute atomic E-state index is 5.35. The van der Waals surface area contributed by atoms with Gasteiger partial charge in [-0.2, -0.15) is 0 Å². The molecular formula is C13H16N2O. The van der Waals surface area contributed by atoms with Gasteiger partial charge in [0, 0.05) is 11.9 Å². The van der Waals surface area contributed by atoms with Gasteiger partial charge in [0.05, 0.1) is 12.8 Å². The van der Waals surface area contributed by atoms with Crippen LogP contribution in [0.4, 0.5) is 0 Å². The first-order chi connectivity index (χ1) is 7.79. The summed E-state index contributed by atoms with van der Waals surface area (Å²) >= 11 is 0. The molecule has 1 unspecified atom stereocenters. The van der Waals surface area contributed by atoms with E-state index in [0.29, 0.717) is 0 Å². The second-order valence-electron chi connectivity index (χ2n) is 4.62. The quantitative estimate of drug-likeness (QED) is 0.732. The number of hydrogen-bond donors (Lipinski definition) is 0. The molecule has 2 aromatic rings. The number of nitrogens with zero attached hydrogens (tertiary/aromatic N) is 2. The largest absolute Gasteiger partial charge is 0.493 e. The normalized spacial score (nSPS) is 19.8. The molecule has 0 aromatic carbocycles. The van der Waals surface area contributed by atoms with Crippen LogP contribution in [0.5, 0.6) is 5.75 Å². The van der Waals surface area contributed by atoms with Gasteiger partial charge in [0.15, 0.2) is 11.4 Å². The molecule has 0 radical (unpaired) electrons. The SMILES string of the molecule is COc1cccn2c3c(nc12)CCC(C)C3. The summed E-state index contributed by atoms with van der Waals surface area (Å²) in [6.45, 7) is 2.31. The predicted molar refractivity (Wildman–Crippen MR) is 62.9 cm³/mol. The van der Waals surface area contributed by atoms with Crippen LogP contribution >= 0.6 is 0 Å². The summed E-state index contributed by atoms with van der Waals surface area (Å²) in [6, 6.07) is 3.99. The predicted octanol–water partition coefficient (Wildman–Crippen LogP) is 2.47. The minimum absolute atomic E-state index is 0.763. The van der Waals surface area contributed by atoms with E-state index in [0.717, 1.165) is 30.2 Å². The highest BCUT2D eigenvalue weighted by Gasteiger charge is 2.21. The van der Waals surface area contributed by atoms with Crippen molar-refractivity contribution in [1.82, 2.24) is 9.38 Å². The van der Waals surface area contributed by atoms with Crippen LogP contribution < -0.4 is 4.74 Å². The van der Waals surface area contributed by atoms with Gasteiger partial charge in [-0.25, -0.2) is 4.98 Å². The third-order valence-corrected chi connectivity index (χ3v) is 3.43. The molecule has 0 N–H and O–H groups in total. The zero-order valence-electron chi connectivity index (χ0n) is 9.73. The van der Waals surface area contributed by atoms with E-state index in [1.54, 1.807) is 7.11 Å². The monoisotopic (exact) mass is 216 g/mol. The molecule has 0 amide bonds. The summed E-state index contributed by atoms with van der Waals surface area (Å²) < 4.78 is 7.53.